The highest BCUT2D eigenvalue weighted by Crippen LogP contribution is 2.03. The van der Waals surface area contributed by atoms with E-state index in [1.54, 1.807) is 6.07 Å². The average Bonchev–Trinajstić information content (AvgIpc) is 2.09. The lowest BCUT2D eigenvalue weighted by molar-refractivity contribution is -0.591. The molecule has 0 radical (unpaired) electrons. The molecule has 1 heterocycles. The van der Waals surface area contributed by atoms with Gasteiger partial charge in [0.15, 0.2) is 0 Å². The van der Waals surface area contributed by atoms with Crippen molar-refractivity contribution in [1.82, 2.24) is 4.98 Å². The van der Waals surface area contributed by atoms with Crippen molar-refractivity contribution in [2.45, 2.75) is 5.88 Å². The zero-order valence-electron chi connectivity index (χ0n) is 5.99. The zero-order valence-corrected chi connectivity index (χ0v) is 6.75. The first kappa shape index (κ1) is 8.56. The van der Waals surface area contributed by atoms with Crippen LogP contribution in [0.1, 0.15) is 11.4 Å². The number of hydrogen-bond donors (Lipinski definition) is 1. The summed E-state index contributed by atoms with van der Waals surface area (Å²) in [6, 6.07) is 1.70. The van der Waals surface area contributed by atoms with Gasteiger partial charge in [-0.1, -0.05) is 0 Å². The van der Waals surface area contributed by atoms with Gasteiger partial charge in [-0.2, -0.15) is 5.26 Å². The Labute approximate surface area is 73.6 Å². The molecule has 0 aliphatic carbocycles. The Hall–Kier alpha value is -1.54. The van der Waals surface area contributed by atoms with Crippen LogP contribution in [0.5, 0.6) is 0 Å². The van der Waals surface area contributed by atoms with Crippen LogP contribution in [0.4, 0.5) is 5.82 Å². The van der Waals surface area contributed by atoms with Crippen molar-refractivity contribution in [3.05, 3.63) is 22.8 Å². The Morgan fingerprint density at radius 2 is 2.50 bits per heavy atom. The number of hydrogen-bond acceptors (Lipinski definition) is 4. The minimum absolute atomic E-state index is 0.0806. The summed E-state index contributed by atoms with van der Waals surface area (Å²) in [5, 5.41) is 19.4. The minimum atomic E-state index is -0.202. The van der Waals surface area contributed by atoms with Crippen LogP contribution in [-0.2, 0) is 5.88 Å². The molecule has 6 heteroatoms. The third-order valence-electron chi connectivity index (χ3n) is 1.24. The van der Waals surface area contributed by atoms with Gasteiger partial charge in [0.25, 0.3) is 0 Å². The zero-order chi connectivity index (χ0) is 9.14. The van der Waals surface area contributed by atoms with Gasteiger partial charge >= 0.3 is 5.82 Å². The van der Waals surface area contributed by atoms with E-state index in [1.165, 1.54) is 0 Å². The number of alkyl halides is 1. The fraction of sp³-hybridized carbons (Fsp3) is 0.167. The van der Waals surface area contributed by atoms with E-state index < -0.39 is 0 Å². The van der Waals surface area contributed by atoms with Gasteiger partial charge in [-0.05, 0) is 0 Å². The maximum Gasteiger partial charge on any atom is 0.312 e. The summed E-state index contributed by atoms with van der Waals surface area (Å²) < 4.78 is 0.378. The second kappa shape index (κ2) is 3.24. The van der Waals surface area contributed by atoms with Crippen molar-refractivity contribution in [3.63, 3.8) is 0 Å². The number of aromatic nitrogens is 2. The maximum atomic E-state index is 10.9. The Morgan fingerprint density at radius 3 is 3.00 bits per heavy atom. The summed E-state index contributed by atoms with van der Waals surface area (Å²) in [5.74, 6) is -0.122. The van der Waals surface area contributed by atoms with E-state index in [4.69, 9.17) is 22.6 Å². The third kappa shape index (κ3) is 1.38. The van der Waals surface area contributed by atoms with Crippen LogP contribution in [-0.4, -0.2) is 4.98 Å². The molecule has 1 aromatic rings. The monoisotopic (exact) mass is 184 g/mol. The molecule has 0 saturated heterocycles. The molecular formula is C6H5ClN4O. The van der Waals surface area contributed by atoms with Gasteiger partial charge in [0, 0.05) is 0 Å². The molecule has 0 spiro atoms. The number of nitriles is 1. The first-order valence-electron chi connectivity index (χ1n) is 3.03. The van der Waals surface area contributed by atoms with Crippen molar-refractivity contribution in [1.29, 1.82) is 5.26 Å². The van der Waals surface area contributed by atoms with Crippen molar-refractivity contribution in [2.75, 3.05) is 5.73 Å². The molecule has 0 aliphatic heterocycles. The van der Waals surface area contributed by atoms with E-state index >= 15 is 0 Å². The molecule has 2 N–H and O–H groups in total. The Morgan fingerprint density at radius 1 is 1.83 bits per heavy atom. The summed E-state index contributed by atoms with van der Waals surface area (Å²) in [5.41, 5.74) is 5.48. The van der Waals surface area contributed by atoms with Gasteiger partial charge in [-0.15, -0.1) is 11.6 Å². The van der Waals surface area contributed by atoms with Gasteiger partial charge in [0.1, 0.15) is 12.3 Å². The second-order valence-electron chi connectivity index (χ2n) is 2.04. The summed E-state index contributed by atoms with van der Waals surface area (Å²) in [6.45, 7) is 0. The highest BCUT2D eigenvalue weighted by atomic mass is 35.5. The lowest BCUT2D eigenvalue weighted by atomic mass is 10.4. The molecule has 1 aromatic heterocycles. The fourth-order valence-corrected chi connectivity index (χ4v) is 0.814. The predicted molar refractivity (Wildman–Crippen MR) is 41.9 cm³/mol. The van der Waals surface area contributed by atoms with E-state index in [0.29, 0.717) is 10.4 Å². The standard InChI is InChI=1S/C6H5ClN4O/c7-1-4-3-11(12)6(9)5(2-8)10-4/h3H,1,9H2. The molecule has 5 nitrogen and oxygen atoms in total. The molecule has 0 aromatic carbocycles. The summed E-state index contributed by atoms with van der Waals surface area (Å²) in [6.07, 6.45) is 1.14. The summed E-state index contributed by atoms with van der Waals surface area (Å²) in [4.78, 5) is 3.73. The first-order chi connectivity index (χ1) is 5.69. The van der Waals surface area contributed by atoms with E-state index in [0.717, 1.165) is 6.20 Å². The Balaban J connectivity index is 3.31. The van der Waals surface area contributed by atoms with Crippen molar-refractivity contribution < 1.29 is 4.73 Å². The highest BCUT2D eigenvalue weighted by Gasteiger charge is 2.09. The molecule has 0 unspecified atom stereocenters. The molecule has 0 amide bonds. The second-order valence-corrected chi connectivity index (χ2v) is 2.30. The summed E-state index contributed by atoms with van der Waals surface area (Å²) >= 11 is 5.42. The lowest BCUT2D eigenvalue weighted by Gasteiger charge is -2.05. The van der Waals surface area contributed by atoms with E-state index in [2.05, 4.69) is 4.98 Å². The van der Waals surface area contributed by atoms with Gasteiger partial charge in [0.05, 0.1) is 11.6 Å². The van der Waals surface area contributed by atoms with Crippen LogP contribution in [0, 0.1) is 16.5 Å². The fourth-order valence-electron chi connectivity index (χ4n) is 0.686. The number of nitrogens with zero attached hydrogens (tertiary/aromatic N) is 3. The quantitative estimate of drug-likeness (QED) is 0.375. The summed E-state index contributed by atoms with van der Waals surface area (Å²) in [7, 11) is 0. The number of anilines is 1. The van der Waals surface area contributed by atoms with Gasteiger partial charge in [-0.25, -0.2) is 9.71 Å². The first-order valence-corrected chi connectivity index (χ1v) is 3.57. The SMILES string of the molecule is N#Cc1nc(CCl)c[n+]([O-])c1N. The van der Waals surface area contributed by atoms with Crippen LogP contribution in [0.2, 0.25) is 0 Å². The van der Waals surface area contributed by atoms with Crippen molar-refractivity contribution in [2.24, 2.45) is 0 Å². The van der Waals surface area contributed by atoms with Crippen molar-refractivity contribution >= 4 is 17.4 Å². The van der Waals surface area contributed by atoms with E-state index in [1.807, 2.05) is 0 Å². The van der Waals surface area contributed by atoms with Gasteiger partial charge < -0.3 is 5.21 Å². The minimum Gasteiger partial charge on any atom is -0.710 e. The van der Waals surface area contributed by atoms with Crippen LogP contribution in [0.25, 0.3) is 0 Å². The molecule has 0 saturated carbocycles. The van der Waals surface area contributed by atoms with Crippen molar-refractivity contribution in [3.8, 4) is 6.07 Å². The average molecular weight is 185 g/mol. The lowest BCUT2D eigenvalue weighted by Crippen LogP contribution is -2.32. The number of rotatable bonds is 1. The Bertz CT molecular complexity index is 346. The topological polar surface area (TPSA) is 89.6 Å². The maximum absolute atomic E-state index is 10.9. The molecule has 1 rings (SSSR count). The number of halogens is 1. The third-order valence-corrected chi connectivity index (χ3v) is 1.52. The largest absolute Gasteiger partial charge is 0.710 e. The molecule has 0 atom stereocenters. The van der Waals surface area contributed by atoms with E-state index in [9.17, 15) is 5.21 Å². The number of nitrogens with two attached hydrogens (primary N) is 1. The smallest absolute Gasteiger partial charge is 0.312 e. The van der Waals surface area contributed by atoms with Crippen LogP contribution in [0.15, 0.2) is 6.20 Å². The van der Waals surface area contributed by atoms with Gasteiger partial charge in [0.2, 0.25) is 5.69 Å². The predicted octanol–water partition coefficient (Wildman–Crippen LogP) is -0.0923. The van der Waals surface area contributed by atoms with Crippen LogP contribution >= 0.6 is 11.6 Å². The van der Waals surface area contributed by atoms with Crippen LogP contribution < -0.4 is 10.5 Å². The molecular weight excluding hydrogens is 180 g/mol. The molecule has 12 heavy (non-hydrogen) atoms. The molecule has 62 valence electrons. The van der Waals surface area contributed by atoms with Crippen LogP contribution in [0.3, 0.4) is 0 Å². The van der Waals surface area contributed by atoms with E-state index in [-0.39, 0.29) is 17.4 Å². The molecule has 0 bridgehead atoms. The molecule has 0 fully saturated rings. The number of nitrogen functional groups attached to an aromatic ring is 1. The molecule has 0 aliphatic rings. The Kier molecular flexibility index (Phi) is 2.31. The van der Waals surface area contributed by atoms with Gasteiger partial charge in [-0.3, -0.25) is 5.73 Å². The normalized spacial score (nSPS) is 9.33. The highest BCUT2D eigenvalue weighted by molar-refractivity contribution is 6.16.